The summed E-state index contributed by atoms with van der Waals surface area (Å²) in [5, 5.41) is 1.16. The summed E-state index contributed by atoms with van der Waals surface area (Å²) in [6, 6.07) is 7.61. The molecule has 3 heterocycles. The molecule has 1 N–H and O–H groups in total. The highest BCUT2D eigenvalue weighted by atomic mass is 16.5. The molecule has 1 aromatic carbocycles. The maximum atomic E-state index is 11.7. The first-order valence-corrected chi connectivity index (χ1v) is 6.95. The molecule has 0 amide bonds. The maximum Gasteiger partial charge on any atom is 0.273 e. The first-order valence-electron chi connectivity index (χ1n) is 6.95. The summed E-state index contributed by atoms with van der Waals surface area (Å²) >= 11 is 0. The van der Waals surface area contributed by atoms with Gasteiger partial charge >= 0.3 is 0 Å². The predicted octanol–water partition coefficient (Wildman–Crippen LogP) is 2.26. The molecule has 0 spiro atoms. The van der Waals surface area contributed by atoms with Crippen LogP contribution in [0.3, 0.4) is 0 Å². The van der Waals surface area contributed by atoms with Crippen LogP contribution in [0.15, 0.2) is 29.1 Å². The third-order valence-electron chi connectivity index (χ3n) is 4.17. The second kappa shape index (κ2) is 4.22. The van der Waals surface area contributed by atoms with Crippen molar-refractivity contribution in [3.05, 3.63) is 46.0 Å². The number of benzene rings is 1. The second-order valence-electron chi connectivity index (χ2n) is 5.32. The van der Waals surface area contributed by atoms with E-state index >= 15 is 0 Å². The Hall–Kier alpha value is -2.56. The normalized spacial score (nSPS) is 13.0. The number of aromatic amines is 1. The molecule has 1 aliphatic heterocycles. The summed E-state index contributed by atoms with van der Waals surface area (Å²) < 4.78 is 7.40. The van der Waals surface area contributed by atoms with E-state index in [0.717, 1.165) is 46.8 Å². The van der Waals surface area contributed by atoms with Gasteiger partial charge in [-0.25, -0.2) is 0 Å². The van der Waals surface area contributed by atoms with E-state index in [1.165, 1.54) is 5.56 Å². The van der Waals surface area contributed by atoms with Crippen molar-refractivity contribution in [2.75, 3.05) is 7.11 Å². The molecular formula is C16H15N3O2. The average Bonchev–Trinajstić information content (AvgIpc) is 2.85. The molecule has 2 aromatic heterocycles. The van der Waals surface area contributed by atoms with Crippen molar-refractivity contribution in [3.63, 3.8) is 0 Å². The van der Waals surface area contributed by atoms with Crippen LogP contribution < -0.4 is 10.3 Å². The quantitative estimate of drug-likeness (QED) is 0.744. The number of hydrogen-bond acceptors (Lipinski definition) is 3. The lowest BCUT2D eigenvalue weighted by molar-refractivity contribution is 0.415. The van der Waals surface area contributed by atoms with Crippen molar-refractivity contribution in [1.29, 1.82) is 0 Å². The molecule has 0 bridgehead atoms. The first kappa shape index (κ1) is 12.2. The van der Waals surface area contributed by atoms with E-state index < -0.39 is 0 Å². The Bertz CT molecular complexity index is 921. The van der Waals surface area contributed by atoms with Crippen molar-refractivity contribution in [2.24, 2.45) is 0 Å². The van der Waals surface area contributed by atoms with E-state index in [-0.39, 0.29) is 5.56 Å². The standard InChI is InChI=1S/C16H15N3O2/c1-9-17-15(20)8-14-16-11(5-6-19(9)14)12-7-10(21-2)3-4-13(12)18-16/h3-4,7-8,18H,5-6H2,1-2H3. The summed E-state index contributed by atoms with van der Waals surface area (Å²) in [4.78, 5) is 19.2. The molecule has 3 aromatic rings. The minimum absolute atomic E-state index is 0.192. The molecule has 0 fully saturated rings. The fraction of sp³-hybridized carbons (Fsp3) is 0.250. The van der Waals surface area contributed by atoms with Gasteiger partial charge in [0, 0.05) is 23.5 Å². The molecule has 1 aliphatic rings. The molecule has 21 heavy (non-hydrogen) atoms. The number of nitrogens with zero attached hydrogens (tertiary/aromatic N) is 2. The Balaban J connectivity index is 2.05. The van der Waals surface area contributed by atoms with Crippen LogP contribution >= 0.6 is 0 Å². The van der Waals surface area contributed by atoms with Gasteiger partial charge < -0.3 is 14.3 Å². The molecular weight excluding hydrogens is 266 g/mol. The summed E-state index contributed by atoms with van der Waals surface area (Å²) in [5.41, 5.74) is 4.06. The van der Waals surface area contributed by atoms with Crippen LogP contribution in [-0.4, -0.2) is 21.6 Å². The zero-order valence-electron chi connectivity index (χ0n) is 11.9. The molecule has 4 rings (SSSR count). The number of aromatic nitrogens is 3. The Morgan fingerprint density at radius 1 is 1.33 bits per heavy atom. The van der Waals surface area contributed by atoms with Gasteiger partial charge in [0.1, 0.15) is 11.6 Å². The van der Waals surface area contributed by atoms with Crippen molar-refractivity contribution in [3.8, 4) is 17.1 Å². The maximum absolute atomic E-state index is 11.7. The van der Waals surface area contributed by atoms with Crippen LogP contribution in [0.5, 0.6) is 5.75 Å². The number of methoxy groups -OCH3 is 1. The molecule has 0 unspecified atom stereocenters. The van der Waals surface area contributed by atoms with Crippen LogP contribution in [0, 0.1) is 6.92 Å². The smallest absolute Gasteiger partial charge is 0.273 e. The van der Waals surface area contributed by atoms with E-state index in [9.17, 15) is 4.79 Å². The number of fused-ring (bicyclic) bond motifs is 5. The average molecular weight is 281 g/mol. The van der Waals surface area contributed by atoms with E-state index in [4.69, 9.17) is 4.74 Å². The topological polar surface area (TPSA) is 59.9 Å². The summed E-state index contributed by atoms with van der Waals surface area (Å²) in [5.74, 6) is 1.61. The summed E-state index contributed by atoms with van der Waals surface area (Å²) in [6.45, 7) is 2.72. The van der Waals surface area contributed by atoms with Gasteiger partial charge in [0.2, 0.25) is 0 Å². The zero-order chi connectivity index (χ0) is 14.6. The lowest BCUT2D eigenvalue weighted by Gasteiger charge is -2.20. The lowest BCUT2D eigenvalue weighted by atomic mass is 10.0. The van der Waals surface area contributed by atoms with E-state index in [1.807, 2.05) is 25.1 Å². The highest BCUT2D eigenvalue weighted by Gasteiger charge is 2.22. The van der Waals surface area contributed by atoms with Gasteiger partial charge in [-0.2, -0.15) is 4.98 Å². The van der Waals surface area contributed by atoms with Crippen LogP contribution in [0.25, 0.3) is 22.3 Å². The fourth-order valence-corrected chi connectivity index (χ4v) is 3.17. The van der Waals surface area contributed by atoms with E-state index in [2.05, 4.69) is 14.5 Å². The Morgan fingerprint density at radius 3 is 3.00 bits per heavy atom. The molecule has 5 heteroatoms. The third kappa shape index (κ3) is 1.70. The highest BCUT2D eigenvalue weighted by Crippen LogP contribution is 2.35. The van der Waals surface area contributed by atoms with Crippen LogP contribution in [-0.2, 0) is 13.0 Å². The predicted molar refractivity (Wildman–Crippen MR) is 80.8 cm³/mol. The molecule has 0 atom stereocenters. The lowest BCUT2D eigenvalue weighted by Crippen LogP contribution is -2.21. The second-order valence-corrected chi connectivity index (χ2v) is 5.32. The molecule has 0 saturated heterocycles. The van der Waals surface area contributed by atoms with Gasteiger partial charge in [-0.1, -0.05) is 0 Å². The molecule has 0 radical (unpaired) electrons. The van der Waals surface area contributed by atoms with E-state index in [0.29, 0.717) is 0 Å². The molecule has 0 saturated carbocycles. The largest absolute Gasteiger partial charge is 0.497 e. The molecule has 5 nitrogen and oxygen atoms in total. The number of H-pyrrole nitrogens is 1. The van der Waals surface area contributed by atoms with Gasteiger partial charge in [0.25, 0.3) is 5.56 Å². The summed E-state index contributed by atoms with van der Waals surface area (Å²) in [7, 11) is 1.67. The van der Waals surface area contributed by atoms with Gasteiger partial charge in [0.15, 0.2) is 0 Å². The minimum atomic E-state index is -0.192. The monoisotopic (exact) mass is 281 g/mol. The Labute approximate surface area is 121 Å². The number of hydrogen-bond donors (Lipinski definition) is 1. The third-order valence-corrected chi connectivity index (χ3v) is 4.17. The SMILES string of the molecule is COc1ccc2[nH]c3c(c2c1)CCn1c-3cc(=O)nc1C. The van der Waals surface area contributed by atoms with E-state index in [1.54, 1.807) is 13.2 Å². The first-order chi connectivity index (χ1) is 10.2. The van der Waals surface area contributed by atoms with Crippen molar-refractivity contribution in [1.82, 2.24) is 14.5 Å². The Morgan fingerprint density at radius 2 is 2.19 bits per heavy atom. The van der Waals surface area contributed by atoms with Crippen molar-refractivity contribution < 1.29 is 4.74 Å². The van der Waals surface area contributed by atoms with Crippen LogP contribution in [0.1, 0.15) is 11.4 Å². The van der Waals surface area contributed by atoms with Crippen molar-refractivity contribution in [2.45, 2.75) is 19.9 Å². The Kier molecular flexibility index (Phi) is 2.45. The highest BCUT2D eigenvalue weighted by molar-refractivity contribution is 5.91. The number of rotatable bonds is 1. The van der Waals surface area contributed by atoms with Gasteiger partial charge in [0.05, 0.1) is 18.5 Å². The molecule has 0 aliphatic carbocycles. The van der Waals surface area contributed by atoms with Gasteiger partial charge in [-0.3, -0.25) is 4.79 Å². The summed E-state index contributed by atoms with van der Waals surface area (Å²) in [6.07, 6.45) is 0.918. The van der Waals surface area contributed by atoms with Crippen LogP contribution in [0.4, 0.5) is 0 Å². The number of ether oxygens (including phenoxy) is 1. The zero-order valence-corrected chi connectivity index (χ0v) is 11.9. The van der Waals surface area contributed by atoms with Crippen LogP contribution in [0.2, 0.25) is 0 Å². The van der Waals surface area contributed by atoms with Gasteiger partial charge in [-0.15, -0.1) is 0 Å². The fourth-order valence-electron chi connectivity index (χ4n) is 3.17. The minimum Gasteiger partial charge on any atom is -0.497 e. The van der Waals surface area contributed by atoms with Gasteiger partial charge in [-0.05, 0) is 37.1 Å². The number of aryl methyl sites for hydroxylation is 2. The molecule has 106 valence electrons. The number of nitrogens with one attached hydrogen (secondary N) is 1. The van der Waals surface area contributed by atoms with Crippen molar-refractivity contribution >= 4 is 10.9 Å².